The summed E-state index contributed by atoms with van der Waals surface area (Å²) in [5, 5.41) is 3.40. The topological polar surface area (TPSA) is 61.4 Å². The highest BCUT2D eigenvalue weighted by Crippen LogP contribution is 2.32. The molecule has 0 aromatic heterocycles. The van der Waals surface area contributed by atoms with Gasteiger partial charge < -0.3 is 10.2 Å². The summed E-state index contributed by atoms with van der Waals surface area (Å²) in [5.74, 6) is 0.709. The molecular weight excluding hydrogens is 298 g/mol. The van der Waals surface area contributed by atoms with Gasteiger partial charge in [-0.15, -0.1) is 0 Å². The number of rotatable bonds is 5. The van der Waals surface area contributed by atoms with Gasteiger partial charge in [0.15, 0.2) is 0 Å². The van der Waals surface area contributed by atoms with Crippen LogP contribution in [0.5, 0.6) is 0 Å². The van der Waals surface area contributed by atoms with Crippen LogP contribution in [0.1, 0.15) is 25.3 Å². The minimum atomic E-state index is -3.38. The van der Waals surface area contributed by atoms with Crippen LogP contribution in [-0.2, 0) is 16.4 Å². The largest absolute Gasteiger partial charge is 0.371 e. The van der Waals surface area contributed by atoms with Gasteiger partial charge in [-0.2, -0.15) is 0 Å². The zero-order chi connectivity index (χ0) is 15.6. The summed E-state index contributed by atoms with van der Waals surface area (Å²) in [6.45, 7) is 6.45. The lowest BCUT2D eigenvalue weighted by atomic mass is 9.97. The van der Waals surface area contributed by atoms with E-state index in [1.54, 1.807) is 13.0 Å². The van der Waals surface area contributed by atoms with E-state index in [4.69, 9.17) is 0 Å². The van der Waals surface area contributed by atoms with Gasteiger partial charge in [0.2, 0.25) is 10.0 Å². The zero-order valence-corrected chi connectivity index (χ0v) is 14.0. The van der Waals surface area contributed by atoms with Gasteiger partial charge in [0.05, 0.1) is 4.90 Å². The van der Waals surface area contributed by atoms with Crippen molar-refractivity contribution in [2.75, 3.05) is 37.6 Å². The fourth-order valence-electron chi connectivity index (χ4n) is 3.43. The van der Waals surface area contributed by atoms with Gasteiger partial charge in [-0.1, -0.05) is 13.0 Å². The van der Waals surface area contributed by atoms with Gasteiger partial charge in [0.25, 0.3) is 0 Å². The van der Waals surface area contributed by atoms with Crippen LogP contribution in [0.15, 0.2) is 23.1 Å². The Bertz CT molecular complexity index is 624. The quantitative estimate of drug-likeness (QED) is 0.859. The van der Waals surface area contributed by atoms with Crippen LogP contribution < -0.4 is 14.9 Å². The molecule has 2 aliphatic rings. The molecule has 0 amide bonds. The minimum absolute atomic E-state index is 0.380. The molecule has 2 aliphatic heterocycles. The molecule has 0 spiro atoms. The maximum Gasteiger partial charge on any atom is 0.240 e. The molecule has 5 nitrogen and oxygen atoms in total. The van der Waals surface area contributed by atoms with E-state index in [-0.39, 0.29) is 0 Å². The molecule has 1 saturated heterocycles. The molecule has 0 radical (unpaired) electrons. The highest BCUT2D eigenvalue weighted by molar-refractivity contribution is 7.89. The van der Waals surface area contributed by atoms with Crippen LogP contribution in [0.2, 0.25) is 0 Å². The molecule has 2 N–H and O–H groups in total. The first-order valence-corrected chi connectivity index (χ1v) is 9.66. The normalized spacial score (nSPS) is 19.4. The standard InChI is InChI=1S/C16H25N3O2S/c1-2-18-22(20,21)15-4-3-14-7-10-19(16(14)11-15)12-13-5-8-17-9-6-13/h3-4,11,13,17-18H,2,5-10,12H2,1H3. The van der Waals surface area contributed by atoms with Gasteiger partial charge in [-0.05, 0) is 56.0 Å². The Labute approximate surface area is 133 Å². The predicted molar refractivity (Wildman–Crippen MR) is 88.8 cm³/mol. The fourth-order valence-corrected chi connectivity index (χ4v) is 4.49. The van der Waals surface area contributed by atoms with Crippen molar-refractivity contribution in [2.45, 2.75) is 31.1 Å². The first-order chi connectivity index (χ1) is 10.6. The summed E-state index contributed by atoms with van der Waals surface area (Å²) in [5.41, 5.74) is 2.38. The van der Waals surface area contributed by atoms with E-state index in [0.717, 1.165) is 38.3 Å². The maximum atomic E-state index is 12.2. The van der Waals surface area contributed by atoms with Crippen LogP contribution >= 0.6 is 0 Å². The molecule has 1 aromatic rings. The molecule has 6 heteroatoms. The lowest BCUT2D eigenvalue weighted by molar-refractivity contribution is 0.375. The molecule has 0 bridgehead atoms. The highest BCUT2D eigenvalue weighted by Gasteiger charge is 2.25. The van der Waals surface area contributed by atoms with Crippen LogP contribution in [0.25, 0.3) is 0 Å². The second-order valence-electron chi connectivity index (χ2n) is 6.18. The zero-order valence-electron chi connectivity index (χ0n) is 13.1. The summed E-state index contributed by atoms with van der Waals surface area (Å²) in [4.78, 5) is 2.75. The Morgan fingerprint density at radius 1 is 1.32 bits per heavy atom. The first-order valence-electron chi connectivity index (χ1n) is 8.18. The van der Waals surface area contributed by atoms with Gasteiger partial charge in [0.1, 0.15) is 0 Å². The third-order valence-corrected chi connectivity index (χ3v) is 6.17. The molecular formula is C16H25N3O2S. The second kappa shape index (κ2) is 6.56. The van der Waals surface area contributed by atoms with Crippen LogP contribution in [0.3, 0.4) is 0 Å². The first kappa shape index (κ1) is 15.8. The number of piperidine rings is 1. The van der Waals surface area contributed by atoms with E-state index < -0.39 is 10.0 Å². The summed E-state index contributed by atoms with van der Waals surface area (Å²) in [6.07, 6.45) is 3.43. The predicted octanol–water partition coefficient (Wildman–Crippen LogP) is 1.35. The van der Waals surface area contributed by atoms with Crippen molar-refractivity contribution in [3.05, 3.63) is 23.8 Å². The molecule has 0 unspecified atom stereocenters. The van der Waals surface area contributed by atoms with Crippen molar-refractivity contribution >= 4 is 15.7 Å². The van der Waals surface area contributed by atoms with Gasteiger partial charge in [-0.25, -0.2) is 13.1 Å². The summed E-state index contributed by atoms with van der Waals surface area (Å²) in [7, 11) is -3.38. The highest BCUT2D eigenvalue weighted by atomic mass is 32.2. The third-order valence-electron chi connectivity index (χ3n) is 4.63. The number of sulfonamides is 1. The lowest BCUT2D eigenvalue weighted by Crippen LogP contribution is -2.35. The molecule has 3 rings (SSSR count). The number of fused-ring (bicyclic) bond motifs is 1. The van der Waals surface area contributed by atoms with E-state index in [0.29, 0.717) is 17.4 Å². The molecule has 1 aromatic carbocycles. The molecule has 0 atom stereocenters. The van der Waals surface area contributed by atoms with Gasteiger partial charge >= 0.3 is 0 Å². The second-order valence-corrected chi connectivity index (χ2v) is 7.95. The summed E-state index contributed by atoms with van der Waals surface area (Å²) < 4.78 is 27.0. The lowest BCUT2D eigenvalue weighted by Gasteiger charge is -2.29. The van der Waals surface area contributed by atoms with Gasteiger partial charge in [-0.3, -0.25) is 0 Å². The number of nitrogens with one attached hydrogen (secondary N) is 2. The monoisotopic (exact) mass is 323 g/mol. The van der Waals surface area contributed by atoms with Crippen molar-refractivity contribution < 1.29 is 8.42 Å². The number of hydrogen-bond acceptors (Lipinski definition) is 4. The molecule has 22 heavy (non-hydrogen) atoms. The van der Waals surface area contributed by atoms with Crippen molar-refractivity contribution in [1.29, 1.82) is 0 Å². The van der Waals surface area contributed by atoms with E-state index in [1.165, 1.54) is 18.4 Å². The van der Waals surface area contributed by atoms with E-state index in [9.17, 15) is 8.42 Å². The number of nitrogens with zero attached hydrogens (tertiary/aromatic N) is 1. The van der Waals surface area contributed by atoms with Crippen molar-refractivity contribution in [3.8, 4) is 0 Å². The summed E-state index contributed by atoms with van der Waals surface area (Å²) >= 11 is 0. The molecule has 1 fully saturated rings. The molecule has 2 heterocycles. The average Bonchev–Trinajstić information content (AvgIpc) is 2.91. The number of hydrogen-bond donors (Lipinski definition) is 2. The molecule has 122 valence electrons. The van der Waals surface area contributed by atoms with E-state index >= 15 is 0 Å². The SMILES string of the molecule is CCNS(=O)(=O)c1ccc2c(c1)N(CC1CCNCC1)CC2. The Morgan fingerprint density at radius 3 is 2.82 bits per heavy atom. The van der Waals surface area contributed by atoms with Crippen molar-refractivity contribution in [2.24, 2.45) is 5.92 Å². The minimum Gasteiger partial charge on any atom is -0.371 e. The summed E-state index contributed by atoms with van der Waals surface area (Å²) in [6, 6.07) is 5.55. The smallest absolute Gasteiger partial charge is 0.240 e. The van der Waals surface area contributed by atoms with Crippen LogP contribution in [0, 0.1) is 5.92 Å². The Balaban J connectivity index is 1.80. The van der Waals surface area contributed by atoms with Crippen molar-refractivity contribution in [1.82, 2.24) is 10.0 Å². The van der Waals surface area contributed by atoms with Crippen LogP contribution in [-0.4, -0.2) is 41.1 Å². The van der Waals surface area contributed by atoms with Crippen molar-refractivity contribution in [3.63, 3.8) is 0 Å². The Kier molecular flexibility index (Phi) is 4.70. The average molecular weight is 323 g/mol. The third kappa shape index (κ3) is 3.29. The molecule has 0 aliphatic carbocycles. The fraction of sp³-hybridized carbons (Fsp3) is 0.625. The Hall–Kier alpha value is -1.11. The van der Waals surface area contributed by atoms with Crippen LogP contribution in [0.4, 0.5) is 5.69 Å². The van der Waals surface area contributed by atoms with E-state index in [2.05, 4.69) is 14.9 Å². The number of anilines is 1. The molecule has 0 saturated carbocycles. The number of benzene rings is 1. The maximum absolute atomic E-state index is 12.2. The Morgan fingerprint density at radius 2 is 2.09 bits per heavy atom. The van der Waals surface area contributed by atoms with Gasteiger partial charge in [0, 0.05) is 25.3 Å². The van der Waals surface area contributed by atoms with E-state index in [1.807, 2.05) is 12.1 Å².